The highest BCUT2D eigenvalue weighted by Crippen LogP contribution is 2.38. The summed E-state index contributed by atoms with van der Waals surface area (Å²) < 4.78 is 19.6. The SMILES string of the molecule is CC[C@H]1O[C@@H](n2cnc3c(Cl)nc(N)nc32)[C@H](OC(=O)c2ccccc2)[C@@H]1OC(=O)c1ccccc1. The second kappa shape index (κ2) is 9.92. The van der Waals surface area contributed by atoms with Crippen molar-refractivity contribution in [3.05, 3.63) is 83.3 Å². The fourth-order valence-electron chi connectivity index (χ4n) is 4.14. The number of carbonyl (C=O) groups is 2. The first kappa shape index (κ1) is 23.7. The largest absolute Gasteiger partial charge is 0.452 e. The highest BCUT2D eigenvalue weighted by Gasteiger charge is 2.50. The van der Waals surface area contributed by atoms with Crippen molar-refractivity contribution >= 4 is 40.7 Å². The lowest BCUT2D eigenvalue weighted by Crippen LogP contribution is -2.39. The van der Waals surface area contributed by atoms with Crippen molar-refractivity contribution < 1.29 is 23.8 Å². The zero-order chi connectivity index (χ0) is 25.2. The fourth-order valence-corrected chi connectivity index (χ4v) is 4.36. The first-order valence-corrected chi connectivity index (χ1v) is 11.7. The molecule has 2 aromatic carbocycles. The molecular formula is C25H22ClN5O5. The van der Waals surface area contributed by atoms with E-state index in [0.29, 0.717) is 28.7 Å². The minimum absolute atomic E-state index is 0.0517. The first-order valence-electron chi connectivity index (χ1n) is 11.3. The number of nitrogens with zero attached hydrogens (tertiary/aromatic N) is 4. The van der Waals surface area contributed by atoms with E-state index in [1.807, 2.05) is 6.92 Å². The van der Waals surface area contributed by atoms with Gasteiger partial charge >= 0.3 is 11.9 Å². The average molecular weight is 508 g/mol. The van der Waals surface area contributed by atoms with Gasteiger partial charge in [-0.25, -0.2) is 14.6 Å². The number of fused-ring (bicyclic) bond motifs is 1. The Labute approximate surface area is 211 Å². The summed E-state index contributed by atoms with van der Waals surface area (Å²) in [5, 5.41) is 0.0752. The van der Waals surface area contributed by atoms with E-state index in [9.17, 15) is 9.59 Å². The van der Waals surface area contributed by atoms with Crippen LogP contribution in [0.25, 0.3) is 11.2 Å². The van der Waals surface area contributed by atoms with Crippen molar-refractivity contribution in [2.24, 2.45) is 0 Å². The molecule has 1 aliphatic heterocycles. The summed E-state index contributed by atoms with van der Waals surface area (Å²) in [6, 6.07) is 17.1. The number of carbonyl (C=O) groups excluding carboxylic acids is 2. The lowest BCUT2D eigenvalue weighted by Gasteiger charge is -2.24. The number of hydrogen-bond donors (Lipinski definition) is 1. The van der Waals surface area contributed by atoms with Gasteiger partial charge in [0.15, 0.2) is 29.2 Å². The van der Waals surface area contributed by atoms with Gasteiger partial charge in [0.1, 0.15) is 11.6 Å². The van der Waals surface area contributed by atoms with Crippen LogP contribution in [0, 0.1) is 0 Å². The second-order valence-corrected chi connectivity index (χ2v) is 8.50. The zero-order valence-corrected chi connectivity index (χ0v) is 19.9. The smallest absolute Gasteiger partial charge is 0.338 e. The number of esters is 2. The molecule has 3 heterocycles. The van der Waals surface area contributed by atoms with Crippen LogP contribution in [0.1, 0.15) is 40.3 Å². The third-order valence-electron chi connectivity index (χ3n) is 5.86. The maximum absolute atomic E-state index is 13.1. The molecule has 0 spiro atoms. The van der Waals surface area contributed by atoms with Crippen molar-refractivity contribution in [3.8, 4) is 0 Å². The van der Waals surface area contributed by atoms with Crippen LogP contribution in [0.3, 0.4) is 0 Å². The van der Waals surface area contributed by atoms with E-state index in [4.69, 9.17) is 31.5 Å². The summed E-state index contributed by atoms with van der Waals surface area (Å²) in [7, 11) is 0. The summed E-state index contributed by atoms with van der Waals surface area (Å²) in [5.41, 5.74) is 7.12. The Kier molecular flexibility index (Phi) is 6.53. The molecule has 184 valence electrons. The topological polar surface area (TPSA) is 131 Å². The lowest BCUT2D eigenvalue weighted by atomic mass is 10.1. The molecule has 11 heteroatoms. The third-order valence-corrected chi connectivity index (χ3v) is 6.13. The summed E-state index contributed by atoms with van der Waals surface area (Å²) in [6.07, 6.45) is -1.51. The molecule has 0 aliphatic carbocycles. The molecule has 2 aromatic heterocycles. The van der Waals surface area contributed by atoms with E-state index in [1.165, 1.54) is 6.33 Å². The standard InChI is InChI=1S/C25H22ClN5O5/c1-2-16-18(35-23(32)14-9-5-3-6-10-14)19(36-24(33)15-11-7-4-8-12-15)22(34-16)31-13-28-17-20(26)29-25(27)30-21(17)31/h3-13,16,18-19,22H,2H2,1H3,(H2,27,29,30)/t16-,18-,19-,22-/m1/s1. The van der Waals surface area contributed by atoms with Crippen LogP contribution in [0.2, 0.25) is 5.15 Å². The summed E-state index contributed by atoms with van der Waals surface area (Å²) >= 11 is 6.20. The van der Waals surface area contributed by atoms with Gasteiger partial charge < -0.3 is 19.9 Å². The fraction of sp³-hybridized carbons (Fsp3) is 0.240. The average Bonchev–Trinajstić information content (AvgIpc) is 3.46. The molecule has 10 nitrogen and oxygen atoms in total. The molecule has 36 heavy (non-hydrogen) atoms. The van der Waals surface area contributed by atoms with Gasteiger partial charge in [-0.05, 0) is 30.7 Å². The Morgan fingerprint density at radius 1 is 0.972 bits per heavy atom. The van der Waals surface area contributed by atoms with Crippen LogP contribution in [0.5, 0.6) is 0 Å². The van der Waals surface area contributed by atoms with E-state index in [-0.39, 0.29) is 11.1 Å². The molecule has 0 radical (unpaired) electrons. The number of aromatic nitrogens is 4. The maximum atomic E-state index is 13.1. The predicted molar refractivity (Wildman–Crippen MR) is 130 cm³/mol. The minimum Gasteiger partial charge on any atom is -0.452 e. The highest BCUT2D eigenvalue weighted by atomic mass is 35.5. The summed E-state index contributed by atoms with van der Waals surface area (Å²) in [4.78, 5) is 38.5. The van der Waals surface area contributed by atoms with Crippen molar-refractivity contribution in [1.29, 1.82) is 0 Å². The van der Waals surface area contributed by atoms with Crippen LogP contribution >= 0.6 is 11.6 Å². The number of halogens is 1. The molecule has 1 aliphatic rings. The molecule has 5 rings (SSSR count). The highest BCUT2D eigenvalue weighted by molar-refractivity contribution is 6.33. The van der Waals surface area contributed by atoms with Gasteiger partial charge in [0, 0.05) is 0 Å². The molecule has 4 atom stereocenters. The Balaban J connectivity index is 1.54. The third kappa shape index (κ3) is 4.48. The van der Waals surface area contributed by atoms with Gasteiger partial charge in [-0.1, -0.05) is 54.9 Å². The number of nitrogen functional groups attached to an aromatic ring is 1. The number of imidazole rings is 1. The number of rotatable bonds is 6. The van der Waals surface area contributed by atoms with E-state index in [2.05, 4.69) is 15.0 Å². The van der Waals surface area contributed by atoms with E-state index in [0.717, 1.165) is 0 Å². The molecule has 2 N–H and O–H groups in total. The van der Waals surface area contributed by atoms with Crippen LogP contribution < -0.4 is 5.73 Å². The van der Waals surface area contributed by atoms with Crippen molar-refractivity contribution in [3.63, 3.8) is 0 Å². The summed E-state index contributed by atoms with van der Waals surface area (Å²) in [6.45, 7) is 1.88. The molecule has 0 amide bonds. The van der Waals surface area contributed by atoms with Gasteiger partial charge in [-0.15, -0.1) is 0 Å². The van der Waals surface area contributed by atoms with E-state index < -0.39 is 36.5 Å². The molecule has 1 fully saturated rings. The zero-order valence-electron chi connectivity index (χ0n) is 19.2. The summed E-state index contributed by atoms with van der Waals surface area (Å²) in [5.74, 6) is -1.21. The normalized spacial score (nSPS) is 21.4. The van der Waals surface area contributed by atoms with Crippen LogP contribution in [0.4, 0.5) is 5.95 Å². The molecule has 0 saturated carbocycles. The van der Waals surface area contributed by atoms with Crippen molar-refractivity contribution in [2.75, 3.05) is 5.73 Å². The monoisotopic (exact) mass is 507 g/mol. The second-order valence-electron chi connectivity index (χ2n) is 8.14. The molecule has 0 bridgehead atoms. The van der Waals surface area contributed by atoms with Crippen LogP contribution in [-0.4, -0.2) is 49.8 Å². The van der Waals surface area contributed by atoms with Gasteiger partial charge in [-0.2, -0.15) is 9.97 Å². The van der Waals surface area contributed by atoms with Gasteiger partial charge in [0.05, 0.1) is 17.5 Å². The number of hydrogen-bond acceptors (Lipinski definition) is 9. The molecular weight excluding hydrogens is 486 g/mol. The van der Waals surface area contributed by atoms with Crippen molar-refractivity contribution in [2.45, 2.75) is 37.9 Å². The molecule has 1 saturated heterocycles. The molecule has 0 unspecified atom stereocenters. The van der Waals surface area contributed by atoms with E-state index >= 15 is 0 Å². The van der Waals surface area contributed by atoms with Crippen LogP contribution in [0.15, 0.2) is 67.0 Å². The Morgan fingerprint density at radius 2 is 1.56 bits per heavy atom. The minimum atomic E-state index is -1.03. The Bertz CT molecular complexity index is 1400. The lowest BCUT2D eigenvalue weighted by molar-refractivity contribution is -0.0489. The Hall–Kier alpha value is -4.02. The number of benzene rings is 2. The quantitative estimate of drug-likeness (QED) is 0.305. The number of nitrogens with two attached hydrogens (primary N) is 1. The van der Waals surface area contributed by atoms with Gasteiger partial charge in [0.2, 0.25) is 5.95 Å². The van der Waals surface area contributed by atoms with Crippen molar-refractivity contribution in [1.82, 2.24) is 19.5 Å². The van der Waals surface area contributed by atoms with Gasteiger partial charge in [0.25, 0.3) is 0 Å². The maximum Gasteiger partial charge on any atom is 0.338 e. The Morgan fingerprint density at radius 3 is 2.14 bits per heavy atom. The predicted octanol–water partition coefficient (Wildman–Crippen LogP) is 3.82. The number of anilines is 1. The first-order chi connectivity index (χ1) is 17.5. The number of ether oxygens (including phenoxy) is 3. The van der Waals surface area contributed by atoms with Gasteiger partial charge in [-0.3, -0.25) is 4.57 Å². The molecule has 4 aromatic rings. The van der Waals surface area contributed by atoms with E-state index in [1.54, 1.807) is 65.2 Å². The van der Waals surface area contributed by atoms with Crippen LogP contribution in [-0.2, 0) is 14.2 Å².